The molecule has 1 amide bonds. The maximum Gasteiger partial charge on any atom is 0.255 e. The van der Waals surface area contributed by atoms with Gasteiger partial charge in [-0.15, -0.1) is 0 Å². The highest BCUT2D eigenvalue weighted by Gasteiger charge is 2.20. The van der Waals surface area contributed by atoms with Crippen molar-refractivity contribution in [3.8, 4) is 0 Å². The number of hydrogen-bond donors (Lipinski definition) is 0. The first kappa shape index (κ1) is 12.0. The molecular weight excluding hydrogens is 286 g/mol. The first-order valence-corrected chi connectivity index (χ1v) is 7.27. The van der Waals surface area contributed by atoms with Gasteiger partial charge in [-0.05, 0) is 34.5 Å². The van der Waals surface area contributed by atoms with Crippen LogP contribution in [-0.2, 0) is 0 Å². The molecule has 0 aliphatic carbocycles. The molecule has 0 aromatic heterocycles. The van der Waals surface area contributed by atoms with Gasteiger partial charge in [0.25, 0.3) is 5.91 Å². The molecule has 2 nitrogen and oxygen atoms in total. The monoisotopic (exact) mass is 299 g/mol. The van der Waals surface area contributed by atoms with E-state index in [9.17, 15) is 4.79 Å². The Bertz CT molecular complexity index is 402. The smallest absolute Gasteiger partial charge is 0.255 e. The van der Waals surface area contributed by atoms with Crippen molar-refractivity contribution in [2.24, 2.45) is 0 Å². The average Bonchev–Trinajstić information content (AvgIpc) is 2.33. The Morgan fingerprint density at radius 3 is 2.75 bits per heavy atom. The van der Waals surface area contributed by atoms with E-state index in [1.165, 1.54) is 0 Å². The SMILES string of the molecule is Cc1cccc(C(=O)N2CCSCC2)c1Br. The van der Waals surface area contributed by atoms with Crippen LogP contribution < -0.4 is 0 Å². The van der Waals surface area contributed by atoms with E-state index in [4.69, 9.17) is 0 Å². The highest BCUT2D eigenvalue weighted by atomic mass is 79.9. The zero-order valence-electron chi connectivity index (χ0n) is 9.20. The Balaban J connectivity index is 2.22. The molecule has 0 unspecified atom stereocenters. The molecule has 0 atom stereocenters. The Hall–Kier alpha value is -0.480. The normalized spacial score (nSPS) is 16.2. The summed E-state index contributed by atoms with van der Waals surface area (Å²) in [7, 11) is 0. The number of carbonyl (C=O) groups excluding carboxylic acids is 1. The molecule has 1 saturated heterocycles. The predicted molar refractivity (Wildman–Crippen MR) is 72.1 cm³/mol. The molecule has 1 aliphatic heterocycles. The van der Waals surface area contributed by atoms with Crippen LogP contribution in [0, 0.1) is 6.92 Å². The second-order valence-electron chi connectivity index (χ2n) is 3.84. The van der Waals surface area contributed by atoms with E-state index in [2.05, 4.69) is 15.9 Å². The molecule has 0 spiro atoms. The van der Waals surface area contributed by atoms with E-state index in [-0.39, 0.29) is 5.91 Å². The molecule has 1 aliphatic rings. The Morgan fingerprint density at radius 1 is 1.38 bits per heavy atom. The third-order valence-electron chi connectivity index (χ3n) is 2.72. The summed E-state index contributed by atoms with van der Waals surface area (Å²) in [4.78, 5) is 14.2. The van der Waals surface area contributed by atoms with Crippen LogP contribution >= 0.6 is 27.7 Å². The summed E-state index contributed by atoms with van der Waals surface area (Å²) in [6.45, 7) is 3.74. The lowest BCUT2D eigenvalue weighted by atomic mass is 10.1. The Kier molecular flexibility index (Phi) is 3.92. The minimum Gasteiger partial charge on any atom is -0.337 e. The van der Waals surface area contributed by atoms with Gasteiger partial charge in [0.15, 0.2) is 0 Å². The highest BCUT2D eigenvalue weighted by molar-refractivity contribution is 9.10. The van der Waals surface area contributed by atoms with Gasteiger partial charge in [-0.2, -0.15) is 11.8 Å². The number of halogens is 1. The molecule has 1 aromatic carbocycles. The van der Waals surface area contributed by atoms with E-state index in [0.717, 1.165) is 40.2 Å². The van der Waals surface area contributed by atoms with E-state index >= 15 is 0 Å². The first-order chi connectivity index (χ1) is 7.70. The number of amides is 1. The molecule has 4 heteroatoms. The molecular formula is C12H14BrNOS. The fraction of sp³-hybridized carbons (Fsp3) is 0.417. The largest absolute Gasteiger partial charge is 0.337 e. The van der Waals surface area contributed by atoms with Crippen LogP contribution in [0.2, 0.25) is 0 Å². The minimum atomic E-state index is 0.149. The standard InChI is InChI=1S/C12H14BrNOS/c1-9-3-2-4-10(11(9)13)12(15)14-5-7-16-8-6-14/h2-4H,5-8H2,1H3. The summed E-state index contributed by atoms with van der Waals surface area (Å²) >= 11 is 5.41. The molecule has 1 fully saturated rings. The van der Waals surface area contributed by atoms with Crippen molar-refractivity contribution >= 4 is 33.6 Å². The van der Waals surface area contributed by atoms with Gasteiger partial charge in [-0.25, -0.2) is 0 Å². The second-order valence-corrected chi connectivity index (χ2v) is 5.86. The fourth-order valence-corrected chi connectivity index (χ4v) is 3.09. The number of rotatable bonds is 1. The Labute approximate surface area is 109 Å². The fourth-order valence-electron chi connectivity index (χ4n) is 1.75. The zero-order chi connectivity index (χ0) is 11.5. The van der Waals surface area contributed by atoms with Gasteiger partial charge in [0.1, 0.15) is 0 Å². The maximum atomic E-state index is 12.3. The summed E-state index contributed by atoms with van der Waals surface area (Å²) in [5.74, 6) is 2.25. The minimum absolute atomic E-state index is 0.149. The van der Waals surface area contributed by atoms with Crippen molar-refractivity contribution in [2.45, 2.75) is 6.92 Å². The van der Waals surface area contributed by atoms with Crippen LogP contribution in [0.25, 0.3) is 0 Å². The number of thioether (sulfide) groups is 1. The van der Waals surface area contributed by atoms with Gasteiger partial charge >= 0.3 is 0 Å². The van der Waals surface area contributed by atoms with Crippen LogP contribution in [0.15, 0.2) is 22.7 Å². The first-order valence-electron chi connectivity index (χ1n) is 5.32. The lowest BCUT2D eigenvalue weighted by molar-refractivity contribution is 0.0771. The van der Waals surface area contributed by atoms with Crippen LogP contribution in [0.1, 0.15) is 15.9 Å². The van der Waals surface area contributed by atoms with Crippen molar-refractivity contribution in [1.82, 2.24) is 4.90 Å². The molecule has 1 heterocycles. The molecule has 2 rings (SSSR count). The van der Waals surface area contributed by atoms with Gasteiger partial charge in [-0.1, -0.05) is 12.1 Å². The molecule has 0 saturated carbocycles. The molecule has 16 heavy (non-hydrogen) atoms. The molecule has 1 aromatic rings. The van der Waals surface area contributed by atoms with Crippen molar-refractivity contribution in [1.29, 1.82) is 0 Å². The van der Waals surface area contributed by atoms with Gasteiger partial charge in [-0.3, -0.25) is 4.79 Å². The lowest BCUT2D eigenvalue weighted by Gasteiger charge is -2.27. The van der Waals surface area contributed by atoms with E-state index in [1.807, 2.05) is 41.8 Å². The van der Waals surface area contributed by atoms with Gasteiger partial charge in [0, 0.05) is 29.1 Å². The van der Waals surface area contributed by atoms with E-state index in [1.54, 1.807) is 0 Å². The molecule has 0 radical (unpaired) electrons. The molecule has 0 bridgehead atoms. The van der Waals surface area contributed by atoms with Crippen molar-refractivity contribution in [3.63, 3.8) is 0 Å². The number of aryl methyl sites for hydroxylation is 1. The maximum absolute atomic E-state index is 12.3. The number of hydrogen-bond acceptors (Lipinski definition) is 2. The summed E-state index contributed by atoms with van der Waals surface area (Å²) in [6.07, 6.45) is 0. The topological polar surface area (TPSA) is 20.3 Å². The van der Waals surface area contributed by atoms with Gasteiger partial charge in [0.2, 0.25) is 0 Å². The van der Waals surface area contributed by atoms with Crippen LogP contribution in [0.4, 0.5) is 0 Å². The van der Waals surface area contributed by atoms with Gasteiger partial charge in [0.05, 0.1) is 5.56 Å². The number of benzene rings is 1. The molecule has 0 N–H and O–H groups in total. The highest BCUT2D eigenvalue weighted by Crippen LogP contribution is 2.23. The zero-order valence-corrected chi connectivity index (χ0v) is 11.6. The second kappa shape index (κ2) is 5.23. The van der Waals surface area contributed by atoms with Crippen molar-refractivity contribution < 1.29 is 4.79 Å². The van der Waals surface area contributed by atoms with E-state index in [0.29, 0.717) is 0 Å². The van der Waals surface area contributed by atoms with Crippen LogP contribution in [-0.4, -0.2) is 35.4 Å². The average molecular weight is 300 g/mol. The van der Waals surface area contributed by atoms with Crippen LogP contribution in [0.5, 0.6) is 0 Å². The van der Waals surface area contributed by atoms with E-state index < -0.39 is 0 Å². The van der Waals surface area contributed by atoms with Gasteiger partial charge < -0.3 is 4.90 Å². The van der Waals surface area contributed by atoms with Crippen molar-refractivity contribution in [3.05, 3.63) is 33.8 Å². The third kappa shape index (κ3) is 2.43. The number of nitrogens with zero attached hydrogens (tertiary/aromatic N) is 1. The molecule has 86 valence electrons. The summed E-state index contributed by atoms with van der Waals surface area (Å²) in [5, 5.41) is 0. The predicted octanol–water partition coefficient (Wildman–Crippen LogP) is 2.95. The summed E-state index contributed by atoms with van der Waals surface area (Å²) in [6, 6.07) is 5.83. The quantitative estimate of drug-likeness (QED) is 0.795. The van der Waals surface area contributed by atoms with Crippen LogP contribution in [0.3, 0.4) is 0 Å². The summed E-state index contributed by atoms with van der Waals surface area (Å²) in [5.41, 5.74) is 1.89. The van der Waals surface area contributed by atoms with Crippen molar-refractivity contribution in [2.75, 3.05) is 24.6 Å². The number of carbonyl (C=O) groups is 1. The third-order valence-corrected chi connectivity index (χ3v) is 4.72. The Morgan fingerprint density at radius 2 is 2.06 bits per heavy atom. The summed E-state index contributed by atoms with van der Waals surface area (Å²) < 4.78 is 0.929. The lowest BCUT2D eigenvalue weighted by Crippen LogP contribution is -2.38.